The van der Waals surface area contributed by atoms with Gasteiger partial charge in [0.2, 0.25) is 10.9 Å². The molecule has 1 heterocycles. The lowest BCUT2D eigenvalue weighted by Gasteiger charge is -2.06. The van der Waals surface area contributed by atoms with Crippen molar-refractivity contribution in [2.24, 2.45) is 0 Å². The molecule has 1 aromatic heterocycles. The van der Waals surface area contributed by atoms with E-state index >= 15 is 0 Å². The fourth-order valence-electron chi connectivity index (χ4n) is 1.70. The lowest BCUT2D eigenvalue weighted by Crippen LogP contribution is -2.41. The van der Waals surface area contributed by atoms with Gasteiger partial charge in [0.1, 0.15) is 0 Å². The van der Waals surface area contributed by atoms with Crippen LogP contribution in [0.15, 0.2) is 21.6 Å². The average Bonchev–Trinajstić information content (AvgIpc) is 3.20. The fourth-order valence-corrected chi connectivity index (χ4v) is 2.94. The lowest BCUT2D eigenvalue weighted by molar-refractivity contribution is -0.123. The molecule has 0 bridgehead atoms. The number of amides is 3. The lowest BCUT2D eigenvalue weighted by atomic mass is 10.4. The molecule has 138 valence electrons. The van der Waals surface area contributed by atoms with Crippen LogP contribution >= 0.6 is 0 Å². The molecule has 0 saturated heterocycles. The molecule has 3 amide bonds. The highest BCUT2D eigenvalue weighted by Crippen LogP contribution is 2.23. The fraction of sp³-hybridized carbons (Fsp3) is 0.500. The summed E-state index contributed by atoms with van der Waals surface area (Å²) in [5, 5.41) is 3.99. The van der Waals surface area contributed by atoms with Gasteiger partial charge in [0.25, 0.3) is 15.9 Å². The molecule has 25 heavy (non-hydrogen) atoms. The normalized spacial score (nSPS) is 14.0. The van der Waals surface area contributed by atoms with Gasteiger partial charge in [0.15, 0.2) is 6.61 Å². The SMILES string of the molecule is CCCNC(=O)NC(=O)COC(=O)c1ccc(S(=O)(=O)NC2CC2)o1. The molecule has 1 aliphatic carbocycles. The molecule has 11 heteroatoms. The third-order valence-corrected chi connectivity index (χ3v) is 4.46. The van der Waals surface area contributed by atoms with Crippen molar-refractivity contribution in [1.29, 1.82) is 0 Å². The van der Waals surface area contributed by atoms with Gasteiger partial charge >= 0.3 is 12.0 Å². The monoisotopic (exact) mass is 373 g/mol. The Bertz CT molecular complexity index is 752. The van der Waals surface area contributed by atoms with Gasteiger partial charge in [0, 0.05) is 12.6 Å². The Balaban J connectivity index is 1.83. The molecule has 0 aliphatic heterocycles. The number of esters is 1. The van der Waals surface area contributed by atoms with Crippen molar-refractivity contribution in [1.82, 2.24) is 15.4 Å². The van der Waals surface area contributed by atoms with Crippen molar-refractivity contribution in [3.8, 4) is 0 Å². The maximum absolute atomic E-state index is 11.9. The zero-order valence-electron chi connectivity index (χ0n) is 13.5. The summed E-state index contributed by atoms with van der Waals surface area (Å²) in [7, 11) is -3.82. The number of hydrogen-bond acceptors (Lipinski definition) is 7. The van der Waals surface area contributed by atoms with E-state index in [2.05, 4.69) is 14.8 Å². The molecule has 1 aliphatic rings. The number of hydrogen-bond donors (Lipinski definition) is 3. The average molecular weight is 373 g/mol. The van der Waals surface area contributed by atoms with Crippen LogP contribution in [0, 0.1) is 0 Å². The van der Waals surface area contributed by atoms with Gasteiger partial charge in [-0.05, 0) is 31.4 Å². The third kappa shape index (κ3) is 5.87. The Morgan fingerprint density at radius 2 is 2.00 bits per heavy atom. The summed E-state index contributed by atoms with van der Waals surface area (Å²) in [6.45, 7) is 1.54. The predicted octanol–water partition coefficient (Wildman–Crippen LogP) is 0.113. The van der Waals surface area contributed by atoms with E-state index in [9.17, 15) is 22.8 Å². The first-order valence-corrected chi connectivity index (χ1v) is 9.17. The van der Waals surface area contributed by atoms with Crippen molar-refractivity contribution < 1.29 is 32.0 Å². The summed E-state index contributed by atoms with van der Waals surface area (Å²) < 4.78 is 35.9. The molecule has 0 aromatic carbocycles. The van der Waals surface area contributed by atoms with Gasteiger partial charge in [-0.1, -0.05) is 6.92 Å². The van der Waals surface area contributed by atoms with Gasteiger partial charge in [-0.2, -0.15) is 0 Å². The molecule has 0 radical (unpaired) electrons. The van der Waals surface area contributed by atoms with Crippen molar-refractivity contribution in [2.75, 3.05) is 13.2 Å². The molecule has 0 atom stereocenters. The summed E-state index contributed by atoms with van der Waals surface area (Å²) in [5.41, 5.74) is 0. The molecular weight excluding hydrogens is 354 g/mol. The third-order valence-electron chi connectivity index (χ3n) is 3.07. The van der Waals surface area contributed by atoms with Crippen LogP contribution in [0.25, 0.3) is 0 Å². The summed E-state index contributed by atoms with van der Waals surface area (Å²) >= 11 is 0. The van der Waals surface area contributed by atoms with E-state index in [0.29, 0.717) is 13.0 Å². The maximum Gasteiger partial charge on any atom is 0.374 e. The quantitative estimate of drug-likeness (QED) is 0.549. The van der Waals surface area contributed by atoms with Crippen LogP contribution in [0.1, 0.15) is 36.7 Å². The van der Waals surface area contributed by atoms with Gasteiger partial charge in [-0.15, -0.1) is 0 Å². The molecule has 3 N–H and O–H groups in total. The molecule has 1 fully saturated rings. The number of rotatable bonds is 8. The first-order valence-electron chi connectivity index (χ1n) is 7.69. The van der Waals surface area contributed by atoms with Crippen molar-refractivity contribution in [3.63, 3.8) is 0 Å². The topological polar surface area (TPSA) is 144 Å². The zero-order chi connectivity index (χ0) is 18.4. The van der Waals surface area contributed by atoms with Gasteiger partial charge in [-0.25, -0.2) is 22.7 Å². The minimum absolute atomic E-state index is 0.104. The number of carbonyl (C=O) groups is 3. The van der Waals surface area contributed by atoms with E-state index in [0.717, 1.165) is 25.0 Å². The van der Waals surface area contributed by atoms with E-state index in [4.69, 9.17) is 4.42 Å². The number of nitrogens with one attached hydrogen (secondary N) is 3. The Hall–Kier alpha value is -2.40. The van der Waals surface area contributed by atoms with E-state index in [1.807, 2.05) is 12.2 Å². The van der Waals surface area contributed by atoms with Crippen molar-refractivity contribution >= 4 is 27.9 Å². The predicted molar refractivity (Wildman–Crippen MR) is 84.2 cm³/mol. The summed E-state index contributed by atoms with van der Waals surface area (Å²) in [6, 6.07) is 1.46. The minimum atomic E-state index is -3.82. The Kier molecular flexibility index (Phi) is 6.15. The number of sulfonamides is 1. The second-order valence-electron chi connectivity index (χ2n) is 5.39. The maximum atomic E-state index is 11.9. The first kappa shape index (κ1) is 18.9. The van der Waals surface area contributed by atoms with Gasteiger partial charge in [0.05, 0.1) is 0 Å². The largest absolute Gasteiger partial charge is 0.450 e. The highest BCUT2D eigenvalue weighted by molar-refractivity contribution is 7.89. The van der Waals surface area contributed by atoms with Crippen LogP contribution in [0.5, 0.6) is 0 Å². The molecule has 0 unspecified atom stereocenters. The number of furan rings is 1. The molecular formula is C14H19N3O7S. The van der Waals surface area contributed by atoms with Crippen molar-refractivity contribution in [3.05, 3.63) is 17.9 Å². The Labute approximate surface area is 144 Å². The first-order chi connectivity index (χ1) is 11.8. The molecule has 0 spiro atoms. The number of ether oxygens (including phenoxy) is 1. The number of carbonyl (C=O) groups excluding carboxylic acids is 3. The van der Waals surface area contributed by atoms with E-state index in [1.165, 1.54) is 0 Å². The molecule has 1 saturated carbocycles. The Morgan fingerprint density at radius 3 is 2.64 bits per heavy atom. The summed E-state index contributed by atoms with van der Waals surface area (Å²) in [4.78, 5) is 34.5. The van der Waals surface area contributed by atoms with E-state index < -0.39 is 39.6 Å². The highest BCUT2D eigenvalue weighted by Gasteiger charge is 2.30. The standard InChI is InChI=1S/C14H19N3O7S/c1-2-7-15-14(20)16-11(18)8-23-13(19)10-5-6-12(24-10)25(21,22)17-9-3-4-9/h5-6,9,17H,2-4,7-8H2,1H3,(H2,15,16,18,20). The number of imide groups is 1. The van der Waals surface area contributed by atoms with E-state index in [-0.39, 0.29) is 11.8 Å². The molecule has 1 aromatic rings. The second-order valence-corrected chi connectivity index (χ2v) is 7.04. The van der Waals surface area contributed by atoms with Gasteiger partial charge < -0.3 is 14.5 Å². The van der Waals surface area contributed by atoms with Gasteiger partial charge in [-0.3, -0.25) is 10.1 Å². The summed E-state index contributed by atoms with van der Waals surface area (Å²) in [6.07, 6.45) is 2.22. The number of urea groups is 1. The molecule has 10 nitrogen and oxygen atoms in total. The van der Waals surface area contributed by atoms with Crippen LogP contribution in [-0.2, 0) is 19.6 Å². The Morgan fingerprint density at radius 1 is 1.28 bits per heavy atom. The minimum Gasteiger partial charge on any atom is -0.450 e. The van der Waals surface area contributed by atoms with Crippen molar-refractivity contribution in [2.45, 2.75) is 37.3 Å². The second kappa shape index (κ2) is 8.12. The van der Waals surface area contributed by atoms with E-state index in [1.54, 1.807) is 0 Å². The van der Waals surface area contributed by atoms with Crippen LogP contribution in [0.4, 0.5) is 4.79 Å². The summed E-state index contributed by atoms with van der Waals surface area (Å²) in [5.74, 6) is -2.20. The zero-order valence-corrected chi connectivity index (χ0v) is 14.4. The molecule has 2 rings (SSSR count). The van der Waals surface area contributed by atoms with Crippen LogP contribution in [0.3, 0.4) is 0 Å². The van der Waals surface area contributed by atoms with Crippen LogP contribution < -0.4 is 15.4 Å². The highest BCUT2D eigenvalue weighted by atomic mass is 32.2. The smallest absolute Gasteiger partial charge is 0.374 e. The van der Waals surface area contributed by atoms with Crippen LogP contribution in [-0.4, -0.2) is 45.5 Å². The van der Waals surface area contributed by atoms with Crippen LogP contribution in [0.2, 0.25) is 0 Å².